The van der Waals surface area contributed by atoms with Gasteiger partial charge in [-0.05, 0) is 113 Å². The average molecular weight is 911 g/mol. The lowest BCUT2D eigenvalue weighted by Crippen LogP contribution is -2.35. The Bertz CT molecular complexity index is 2350. The molecule has 4 unspecified atom stereocenters. The summed E-state index contributed by atoms with van der Waals surface area (Å²) >= 11 is 0. The minimum atomic E-state index is -3.67. The number of rotatable bonds is 13. The molecular weight excluding hydrogens is 850 g/mol. The third kappa shape index (κ3) is 15.5. The van der Waals surface area contributed by atoms with E-state index in [1.54, 1.807) is 73.9 Å². The van der Waals surface area contributed by atoms with E-state index in [1.807, 2.05) is 59.9 Å². The Morgan fingerprint density at radius 2 is 1.55 bits per heavy atom. The maximum atomic E-state index is 13.2. The van der Waals surface area contributed by atoms with E-state index in [0.717, 1.165) is 12.1 Å². The Labute approximate surface area is 386 Å². The Balaban J connectivity index is 0.000000333. The van der Waals surface area contributed by atoms with E-state index in [1.165, 1.54) is 21.5 Å². The van der Waals surface area contributed by atoms with Crippen molar-refractivity contribution in [3.8, 4) is 17.6 Å². The highest BCUT2D eigenvalue weighted by molar-refractivity contribution is 6.33. The number of anilines is 2. The second kappa shape index (κ2) is 24.5. The quantitative estimate of drug-likeness (QED) is 0.0190. The zero-order chi connectivity index (χ0) is 49.4. The summed E-state index contributed by atoms with van der Waals surface area (Å²) < 4.78 is 47.7. The molecule has 350 valence electrons. The van der Waals surface area contributed by atoms with Crippen molar-refractivity contribution in [2.45, 2.75) is 92.7 Å². The number of nitriles is 1. The molecule has 0 bridgehead atoms. The smallest absolute Gasteiger partial charge is 0.442 e. The van der Waals surface area contributed by atoms with E-state index in [4.69, 9.17) is 14.2 Å². The maximum Gasteiger partial charge on any atom is 0.762 e. The van der Waals surface area contributed by atoms with Crippen molar-refractivity contribution in [2.75, 3.05) is 24.0 Å². The van der Waals surface area contributed by atoms with Gasteiger partial charge < -0.3 is 19.1 Å². The van der Waals surface area contributed by atoms with Crippen LogP contribution in [-0.2, 0) is 19.1 Å². The minimum absolute atomic E-state index is 0.0995. The van der Waals surface area contributed by atoms with Gasteiger partial charge >= 0.3 is 25.6 Å². The van der Waals surface area contributed by atoms with Crippen molar-refractivity contribution in [1.29, 1.82) is 5.26 Å². The average Bonchev–Trinajstić information content (AvgIpc) is 3.47. The molecule has 0 aromatic heterocycles. The summed E-state index contributed by atoms with van der Waals surface area (Å²) in [5.74, 6) is 0.248. The monoisotopic (exact) mass is 910 g/mol. The van der Waals surface area contributed by atoms with Crippen LogP contribution in [0.25, 0.3) is 6.08 Å². The van der Waals surface area contributed by atoms with Crippen LogP contribution in [0.15, 0.2) is 108 Å². The number of carbonyl (C=O) groups is 4. The second-order valence-corrected chi connectivity index (χ2v) is 17.3. The Morgan fingerprint density at radius 1 is 0.924 bits per heavy atom. The van der Waals surface area contributed by atoms with Crippen molar-refractivity contribution >= 4 is 61.4 Å². The fourth-order valence-electron chi connectivity index (χ4n) is 6.81. The SMILES string of the molecule is CCC(C)C(=O)Oc1cccc(N(/N=C\C2=[N+](C)C3C=CC=CC3C2(C)C)C(=O)OC(C)(C)C)c1.CCC(C)c1ccc(OC(=O)C(C#N)=Cc2ccc(N(C)C=O)cc2)cc1.FB(F)F. The Kier molecular flexibility index (Phi) is 19.9. The zero-order valence-corrected chi connectivity index (χ0v) is 39.5. The third-order valence-electron chi connectivity index (χ3n) is 11.0. The number of allylic oxidation sites excluding steroid dienone is 2. The first-order valence-electron chi connectivity index (χ1n) is 21.5. The Morgan fingerprint density at radius 3 is 2.09 bits per heavy atom. The van der Waals surface area contributed by atoms with Crippen LogP contribution < -0.4 is 19.4 Å². The van der Waals surface area contributed by atoms with E-state index in [-0.39, 0.29) is 28.9 Å². The van der Waals surface area contributed by atoms with Gasteiger partial charge in [-0.2, -0.15) is 15.4 Å². The number of nitrogens with zero attached hydrogens (tertiary/aromatic N) is 5. The molecule has 1 aliphatic carbocycles. The van der Waals surface area contributed by atoms with Crippen molar-refractivity contribution < 1.29 is 50.9 Å². The van der Waals surface area contributed by atoms with Gasteiger partial charge in [0.1, 0.15) is 42.0 Å². The van der Waals surface area contributed by atoms with Crippen molar-refractivity contribution in [2.24, 2.45) is 22.4 Å². The number of carbonyl (C=O) groups excluding carboxylic acids is 4. The first kappa shape index (κ1) is 53.6. The van der Waals surface area contributed by atoms with Crippen LogP contribution in [0.1, 0.15) is 92.2 Å². The van der Waals surface area contributed by atoms with Gasteiger partial charge in [-0.25, -0.2) is 14.2 Å². The van der Waals surface area contributed by atoms with E-state index in [0.29, 0.717) is 53.1 Å². The fraction of sp³-hybridized carbons (Fsp3) is 0.380. The lowest BCUT2D eigenvalue weighted by Gasteiger charge is -2.25. The lowest BCUT2D eigenvalue weighted by atomic mass is 9.73. The molecule has 0 saturated heterocycles. The third-order valence-corrected chi connectivity index (χ3v) is 11.0. The van der Waals surface area contributed by atoms with Crippen LogP contribution in [-0.4, -0.2) is 74.2 Å². The summed E-state index contributed by atoms with van der Waals surface area (Å²) in [4.78, 5) is 49.9. The number of hydrogen-bond acceptors (Lipinski definition) is 9. The van der Waals surface area contributed by atoms with Gasteiger partial charge in [-0.1, -0.05) is 76.3 Å². The number of ether oxygens (including phenoxy) is 3. The molecule has 5 rings (SSSR count). The normalized spacial score (nSPS) is 16.8. The molecule has 3 aromatic carbocycles. The first-order valence-corrected chi connectivity index (χ1v) is 21.5. The maximum absolute atomic E-state index is 13.2. The summed E-state index contributed by atoms with van der Waals surface area (Å²) in [7, 11) is 0.0203. The molecule has 12 nitrogen and oxygen atoms in total. The predicted molar refractivity (Wildman–Crippen MR) is 254 cm³/mol. The van der Waals surface area contributed by atoms with Crippen LogP contribution in [0.2, 0.25) is 0 Å². The van der Waals surface area contributed by atoms with Crippen molar-refractivity contribution in [1.82, 2.24) is 0 Å². The van der Waals surface area contributed by atoms with Gasteiger partial charge in [0.05, 0.1) is 22.9 Å². The standard InChI is InChI=1S/C28H38N3O4.C22H22N2O3.BF3/c1-9-19(2)25(32)34-21-14-12-13-20(17-21)31(26(33)35-27(3,4)5)29-18-24-28(6,7)22-15-10-11-16-23(22)30(24)8;1-4-16(2)18-7-11-21(12-8-18)27-22(26)19(14-23)13-17-5-9-20(10-6-17)24(3)15-25;2-1(3)4/h10-19,22-23H,9H2,1-8H3;5-13,15-16H,4H2,1-3H3;/q+1;;. The summed E-state index contributed by atoms with van der Waals surface area (Å²) in [6.07, 6.45) is 13.6. The van der Waals surface area contributed by atoms with Crippen LogP contribution >= 0.6 is 0 Å². The first-order chi connectivity index (χ1) is 31.1. The minimum Gasteiger partial charge on any atom is -0.442 e. The van der Waals surface area contributed by atoms with Crippen molar-refractivity contribution in [3.63, 3.8) is 0 Å². The van der Waals surface area contributed by atoms with E-state index >= 15 is 0 Å². The number of esters is 2. The molecule has 66 heavy (non-hydrogen) atoms. The molecule has 2 aliphatic rings. The number of fused-ring (bicyclic) bond motifs is 1. The molecule has 0 N–H and O–H groups in total. The topological polar surface area (TPSA) is 142 Å². The number of amides is 2. The van der Waals surface area contributed by atoms with Gasteiger partial charge in [0.25, 0.3) is 0 Å². The molecule has 1 heterocycles. The zero-order valence-electron chi connectivity index (χ0n) is 39.5. The molecule has 0 radical (unpaired) electrons. The molecule has 0 spiro atoms. The van der Waals surface area contributed by atoms with Crippen molar-refractivity contribution in [3.05, 3.63) is 114 Å². The summed E-state index contributed by atoms with van der Waals surface area (Å²) in [5.41, 5.74) is 3.02. The van der Waals surface area contributed by atoms with Crippen LogP contribution in [0.5, 0.6) is 11.5 Å². The molecule has 1 aliphatic heterocycles. The highest BCUT2D eigenvalue weighted by Gasteiger charge is 2.51. The Hall–Kier alpha value is -6.76. The van der Waals surface area contributed by atoms with E-state index in [2.05, 4.69) is 61.7 Å². The highest BCUT2D eigenvalue weighted by atomic mass is 19.4. The van der Waals surface area contributed by atoms with E-state index in [9.17, 15) is 37.4 Å². The molecule has 4 atom stereocenters. The molecule has 0 saturated carbocycles. The number of benzene rings is 3. The summed E-state index contributed by atoms with van der Waals surface area (Å²) in [5, 5.41) is 15.1. The van der Waals surface area contributed by atoms with Gasteiger partial charge in [-0.15, -0.1) is 0 Å². The second-order valence-electron chi connectivity index (χ2n) is 17.3. The van der Waals surface area contributed by atoms with Crippen LogP contribution in [0, 0.1) is 28.6 Å². The largest absolute Gasteiger partial charge is 0.762 e. The van der Waals surface area contributed by atoms with Gasteiger partial charge in [0.2, 0.25) is 12.1 Å². The van der Waals surface area contributed by atoms with Gasteiger partial charge in [0, 0.05) is 18.8 Å². The molecule has 16 heteroatoms. The number of halogens is 3. The number of hydrazone groups is 1. The van der Waals surface area contributed by atoms with Gasteiger partial charge in [-0.3, -0.25) is 22.5 Å². The molecular formula is C50H60BF3N5O7+. The highest BCUT2D eigenvalue weighted by Crippen LogP contribution is 2.40. The lowest BCUT2D eigenvalue weighted by molar-refractivity contribution is -0.520. The molecule has 2 amide bonds. The van der Waals surface area contributed by atoms with E-state index < -0.39 is 25.2 Å². The van der Waals surface area contributed by atoms with Gasteiger partial charge in [0.15, 0.2) is 6.04 Å². The van der Waals surface area contributed by atoms with Crippen LogP contribution in [0.4, 0.5) is 29.1 Å². The molecule has 3 aromatic rings. The molecule has 0 fully saturated rings. The summed E-state index contributed by atoms with van der Waals surface area (Å²) in [6, 6.07) is 23.1. The predicted octanol–water partition coefficient (Wildman–Crippen LogP) is 10.8. The van der Waals surface area contributed by atoms with Crippen LogP contribution in [0.3, 0.4) is 0 Å². The fourth-order valence-corrected chi connectivity index (χ4v) is 6.81. The summed E-state index contributed by atoms with van der Waals surface area (Å²) in [6.45, 7) is 17.8. The number of likely N-dealkylation sites (N-methyl/N-ethyl adjacent to an activating group) is 1. The number of hydrogen-bond donors (Lipinski definition) is 0.